The van der Waals surface area contributed by atoms with Crippen LogP contribution in [0, 0.1) is 6.92 Å². The third-order valence-electron chi connectivity index (χ3n) is 3.52. The van der Waals surface area contributed by atoms with Crippen molar-refractivity contribution < 1.29 is 4.42 Å². The van der Waals surface area contributed by atoms with E-state index < -0.39 is 0 Å². The Hall–Kier alpha value is -1.52. The number of nitrogens with one attached hydrogen (secondary N) is 1. The third-order valence-corrected chi connectivity index (χ3v) is 4.05. The molecule has 1 atom stereocenters. The summed E-state index contributed by atoms with van der Waals surface area (Å²) in [6, 6.07) is 13.0. The van der Waals surface area contributed by atoms with Gasteiger partial charge in [-0.25, -0.2) is 5.43 Å². The quantitative estimate of drug-likeness (QED) is 0.547. The molecule has 3 N–H and O–H groups in total. The van der Waals surface area contributed by atoms with Crippen LogP contribution >= 0.6 is 23.2 Å². The maximum atomic E-state index is 6.15. The monoisotopic (exact) mass is 320 g/mol. The highest BCUT2D eigenvalue weighted by Gasteiger charge is 2.20. The van der Waals surface area contributed by atoms with Gasteiger partial charge < -0.3 is 4.42 Å². The van der Waals surface area contributed by atoms with E-state index in [1.54, 1.807) is 6.07 Å². The molecular weight excluding hydrogens is 307 g/mol. The van der Waals surface area contributed by atoms with Crippen LogP contribution in [-0.2, 0) is 0 Å². The first kappa shape index (κ1) is 14.4. The highest BCUT2D eigenvalue weighted by atomic mass is 35.5. The van der Waals surface area contributed by atoms with Gasteiger partial charge in [-0.2, -0.15) is 0 Å². The number of aryl methyl sites for hydroxylation is 1. The lowest BCUT2D eigenvalue weighted by Crippen LogP contribution is -2.29. The summed E-state index contributed by atoms with van der Waals surface area (Å²) in [5, 5.41) is 2.18. The Kier molecular flexibility index (Phi) is 3.91. The average molecular weight is 321 g/mol. The van der Waals surface area contributed by atoms with Crippen molar-refractivity contribution in [1.29, 1.82) is 0 Å². The lowest BCUT2D eigenvalue weighted by Gasteiger charge is -2.16. The fourth-order valence-electron chi connectivity index (χ4n) is 2.44. The number of fused-ring (bicyclic) bond motifs is 1. The fraction of sp³-hybridized carbons (Fsp3) is 0.125. The average Bonchev–Trinajstić information content (AvgIpc) is 2.89. The van der Waals surface area contributed by atoms with Gasteiger partial charge in [-0.1, -0.05) is 41.4 Å². The van der Waals surface area contributed by atoms with Gasteiger partial charge in [0.15, 0.2) is 5.58 Å². The molecular formula is C16H14Cl2N2O. The number of hydrogen-bond acceptors (Lipinski definition) is 3. The maximum Gasteiger partial charge on any atom is 0.152 e. The van der Waals surface area contributed by atoms with E-state index in [2.05, 4.69) is 5.43 Å². The second kappa shape index (κ2) is 5.70. The molecule has 0 saturated heterocycles. The number of para-hydroxylation sites is 1. The normalized spacial score (nSPS) is 12.8. The zero-order valence-electron chi connectivity index (χ0n) is 11.4. The van der Waals surface area contributed by atoms with Crippen molar-refractivity contribution in [2.24, 2.45) is 5.84 Å². The van der Waals surface area contributed by atoms with Crippen LogP contribution in [0.4, 0.5) is 0 Å². The molecule has 1 heterocycles. The highest BCUT2D eigenvalue weighted by molar-refractivity contribution is 6.34. The van der Waals surface area contributed by atoms with Crippen molar-refractivity contribution in [2.75, 3.05) is 0 Å². The third kappa shape index (κ3) is 2.65. The summed E-state index contributed by atoms with van der Waals surface area (Å²) in [5.41, 5.74) is 5.50. The van der Waals surface area contributed by atoms with Crippen LogP contribution in [-0.4, -0.2) is 0 Å². The molecule has 0 radical (unpaired) electrons. The van der Waals surface area contributed by atoms with E-state index in [1.165, 1.54) is 0 Å². The molecule has 0 spiro atoms. The Bertz CT molecular complexity index is 798. The molecule has 3 aromatic rings. The van der Waals surface area contributed by atoms with Gasteiger partial charge in [0, 0.05) is 10.4 Å². The molecule has 0 aliphatic rings. The first-order valence-electron chi connectivity index (χ1n) is 6.50. The summed E-state index contributed by atoms with van der Waals surface area (Å²) in [7, 11) is 0. The summed E-state index contributed by atoms with van der Waals surface area (Å²) in [5.74, 6) is 6.43. The summed E-state index contributed by atoms with van der Waals surface area (Å²) in [4.78, 5) is 0. The van der Waals surface area contributed by atoms with E-state index in [1.807, 2.05) is 43.3 Å². The minimum atomic E-state index is -0.285. The predicted octanol–water partition coefficient (Wildman–Crippen LogP) is 4.60. The second-order valence-electron chi connectivity index (χ2n) is 4.91. The van der Waals surface area contributed by atoms with Crippen LogP contribution in [0.25, 0.3) is 11.0 Å². The minimum absolute atomic E-state index is 0.285. The Morgan fingerprint density at radius 1 is 1.14 bits per heavy atom. The molecule has 1 unspecified atom stereocenters. The Morgan fingerprint density at radius 2 is 1.95 bits per heavy atom. The second-order valence-corrected chi connectivity index (χ2v) is 5.75. The summed E-state index contributed by atoms with van der Waals surface area (Å²) in [6.45, 7) is 2.01. The molecule has 3 rings (SSSR count). The van der Waals surface area contributed by atoms with E-state index in [0.717, 1.165) is 16.5 Å². The van der Waals surface area contributed by atoms with Crippen molar-refractivity contribution in [1.82, 2.24) is 5.43 Å². The van der Waals surface area contributed by atoms with E-state index in [4.69, 9.17) is 33.5 Å². The summed E-state index contributed by atoms with van der Waals surface area (Å²) >= 11 is 12.2. The van der Waals surface area contributed by atoms with Crippen molar-refractivity contribution in [3.63, 3.8) is 0 Å². The molecule has 0 bridgehead atoms. The minimum Gasteiger partial charge on any atom is -0.457 e. The number of halogens is 2. The number of rotatable bonds is 3. The molecule has 0 amide bonds. The molecule has 0 saturated carbocycles. The van der Waals surface area contributed by atoms with Crippen molar-refractivity contribution >= 4 is 34.2 Å². The maximum absolute atomic E-state index is 6.15. The van der Waals surface area contributed by atoms with Crippen LogP contribution in [0.15, 0.2) is 46.9 Å². The van der Waals surface area contributed by atoms with Gasteiger partial charge in [0.1, 0.15) is 11.8 Å². The Morgan fingerprint density at radius 3 is 2.67 bits per heavy atom. The van der Waals surface area contributed by atoms with Crippen LogP contribution in [0.5, 0.6) is 0 Å². The Labute approximate surface area is 132 Å². The fourth-order valence-corrected chi connectivity index (χ4v) is 2.84. The molecule has 1 aromatic heterocycles. The standard InChI is InChI=1S/C16H14Cl2N2O/c1-9-5-6-11(17)8-12(9)15(20-19)14-7-10-3-2-4-13(18)16(10)21-14/h2-8,15,20H,19H2,1H3. The van der Waals surface area contributed by atoms with Gasteiger partial charge in [0.25, 0.3) is 0 Å². The number of hydrogen-bond donors (Lipinski definition) is 2. The lowest BCUT2D eigenvalue weighted by molar-refractivity contribution is 0.476. The van der Waals surface area contributed by atoms with E-state index >= 15 is 0 Å². The molecule has 5 heteroatoms. The van der Waals surface area contributed by atoms with Gasteiger partial charge >= 0.3 is 0 Å². The van der Waals surface area contributed by atoms with Crippen LogP contribution < -0.4 is 11.3 Å². The molecule has 0 fully saturated rings. The van der Waals surface area contributed by atoms with Gasteiger partial charge in [-0.3, -0.25) is 5.84 Å². The van der Waals surface area contributed by atoms with Crippen LogP contribution in [0.1, 0.15) is 22.9 Å². The summed E-state index contributed by atoms with van der Waals surface area (Å²) in [6.07, 6.45) is 0. The first-order valence-corrected chi connectivity index (χ1v) is 7.26. The van der Waals surface area contributed by atoms with E-state index in [0.29, 0.717) is 21.4 Å². The topological polar surface area (TPSA) is 51.2 Å². The highest BCUT2D eigenvalue weighted by Crippen LogP contribution is 2.33. The molecule has 108 valence electrons. The number of furan rings is 1. The zero-order valence-corrected chi connectivity index (χ0v) is 12.9. The SMILES string of the molecule is Cc1ccc(Cl)cc1C(NN)c1cc2cccc(Cl)c2o1. The number of nitrogens with two attached hydrogens (primary N) is 1. The molecule has 2 aromatic carbocycles. The first-order chi connectivity index (χ1) is 10.1. The van der Waals surface area contributed by atoms with Gasteiger partial charge in [0.05, 0.1) is 5.02 Å². The van der Waals surface area contributed by atoms with Crippen LogP contribution in [0.2, 0.25) is 10.0 Å². The molecule has 21 heavy (non-hydrogen) atoms. The van der Waals surface area contributed by atoms with Gasteiger partial charge in [-0.15, -0.1) is 0 Å². The number of hydrazine groups is 1. The van der Waals surface area contributed by atoms with Gasteiger partial charge in [-0.05, 0) is 42.3 Å². The lowest BCUT2D eigenvalue weighted by atomic mass is 10.00. The smallest absolute Gasteiger partial charge is 0.152 e. The van der Waals surface area contributed by atoms with Crippen LogP contribution in [0.3, 0.4) is 0 Å². The van der Waals surface area contributed by atoms with Crippen molar-refractivity contribution in [2.45, 2.75) is 13.0 Å². The van der Waals surface area contributed by atoms with Gasteiger partial charge in [0.2, 0.25) is 0 Å². The zero-order chi connectivity index (χ0) is 15.0. The summed E-state index contributed by atoms with van der Waals surface area (Å²) < 4.78 is 5.88. The molecule has 3 nitrogen and oxygen atoms in total. The Balaban J connectivity index is 2.13. The van der Waals surface area contributed by atoms with E-state index in [-0.39, 0.29) is 6.04 Å². The molecule has 0 aliphatic carbocycles. The number of benzene rings is 2. The largest absolute Gasteiger partial charge is 0.457 e. The van der Waals surface area contributed by atoms with Crippen molar-refractivity contribution in [3.05, 3.63) is 69.4 Å². The van der Waals surface area contributed by atoms with Crippen molar-refractivity contribution in [3.8, 4) is 0 Å². The predicted molar refractivity (Wildman–Crippen MR) is 86.6 cm³/mol. The molecule has 0 aliphatic heterocycles. The van der Waals surface area contributed by atoms with E-state index in [9.17, 15) is 0 Å².